The van der Waals surface area contributed by atoms with Crippen LogP contribution in [0.5, 0.6) is 0 Å². The quantitative estimate of drug-likeness (QED) is 0.113. The van der Waals surface area contributed by atoms with E-state index in [4.69, 9.17) is 49.3 Å². The van der Waals surface area contributed by atoms with Crippen molar-refractivity contribution in [3.05, 3.63) is 0 Å². The number of carboxylic acid groups (broad SMARTS) is 6. The van der Waals surface area contributed by atoms with Gasteiger partial charge in [0.05, 0.1) is 25.7 Å². The first kappa shape index (κ1) is 41.1. The van der Waals surface area contributed by atoms with Gasteiger partial charge in [-0.15, -0.1) is 0 Å². The van der Waals surface area contributed by atoms with E-state index in [0.717, 1.165) is 0 Å². The molecule has 0 aromatic carbocycles. The summed E-state index contributed by atoms with van der Waals surface area (Å²) in [6.45, 7) is 0. The summed E-state index contributed by atoms with van der Waals surface area (Å²) in [4.78, 5) is 61.0. The van der Waals surface area contributed by atoms with Crippen molar-refractivity contribution in [1.82, 2.24) is 0 Å². The molecule has 32 heavy (non-hydrogen) atoms. The number of carbonyl (C=O) groups is 6. The first-order chi connectivity index (χ1) is 14.6. The first-order valence-electron chi connectivity index (χ1n) is 6.95. The molecule has 0 amide bonds. The van der Waals surface area contributed by atoms with Crippen LogP contribution in [0.15, 0.2) is 0 Å². The Morgan fingerprint density at radius 1 is 0.438 bits per heavy atom. The third-order valence-electron chi connectivity index (χ3n) is 2.57. The van der Waals surface area contributed by atoms with Crippen LogP contribution >= 0.6 is 0 Å². The van der Waals surface area contributed by atoms with Crippen LogP contribution in [0.25, 0.3) is 0 Å². The second-order valence-corrected chi connectivity index (χ2v) is 4.96. The van der Waals surface area contributed by atoms with Gasteiger partial charge in [0.2, 0.25) is 0 Å². The summed E-state index contributed by atoms with van der Waals surface area (Å²) in [5.74, 6) is -10.0. The van der Waals surface area contributed by atoms with Crippen molar-refractivity contribution in [2.45, 2.75) is 36.9 Å². The van der Waals surface area contributed by atoms with Crippen molar-refractivity contribution in [2.24, 2.45) is 0 Å². The summed E-state index contributed by atoms with van der Waals surface area (Å²) >= 11 is 0.900. The van der Waals surface area contributed by atoms with Crippen LogP contribution < -0.4 is 0 Å². The Kier molecular flexibility index (Phi) is 29.5. The number of rotatable bonds is 10. The molecule has 0 aliphatic rings. The van der Waals surface area contributed by atoms with Crippen molar-refractivity contribution in [1.29, 1.82) is 0 Å². The molecule has 0 aromatic rings. The number of hydrogen-bond acceptors (Lipinski definition) is 11. The van der Waals surface area contributed by atoms with Gasteiger partial charge >= 0.3 is 118 Å². The molecule has 20 heteroatoms. The maximum absolute atomic E-state index is 10.3. The van der Waals surface area contributed by atoms with E-state index in [1.54, 1.807) is 0 Å². The molecule has 0 atom stereocenters. The summed E-state index contributed by atoms with van der Waals surface area (Å²) in [7, 11) is 0. The van der Waals surface area contributed by atoms with E-state index in [1.807, 2.05) is 0 Å². The summed E-state index contributed by atoms with van der Waals surface area (Å²) in [6, 6.07) is 0. The molecule has 0 saturated heterocycles. The first-order valence-corrected chi connectivity index (χ1v) is 9.96. The molecule has 0 bridgehead atoms. The molecule has 0 fully saturated rings. The van der Waals surface area contributed by atoms with E-state index in [2.05, 4.69) is 0 Å². The number of carboxylic acids is 6. The molecule has 0 aliphatic heterocycles. The molecule has 0 unspecified atom stereocenters. The van der Waals surface area contributed by atoms with E-state index in [9.17, 15) is 28.8 Å². The van der Waals surface area contributed by atoms with Gasteiger partial charge in [-0.1, -0.05) is 0 Å². The molecule has 0 aromatic heterocycles. The number of aliphatic carboxylic acids is 6. The Labute approximate surface area is 223 Å². The van der Waals surface area contributed by atoms with Gasteiger partial charge in [0.25, 0.3) is 0 Å². The minimum atomic E-state index is -2.74. The van der Waals surface area contributed by atoms with Crippen molar-refractivity contribution in [3.63, 3.8) is 0 Å². The zero-order valence-electron chi connectivity index (χ0n) is 15.6. The van der Waals surface area contributed by atoms with Gasteiger partial charge in [-0.05, 0) is 0 Å². The fraction of sp³-hybridized carbons (Fsp3) is 0.500. The van der Waals surface area contributed by atoms with E-state index < -0.39 is 72.7 Å². The second kappa shape index (κ2) is 23.0. The molecule has 0 aliphatic carbocycles. The predicted octanol–water partition coefficient (Wildman–Crippen LogP) is -2.86. The molecule has 0 rings (SSSR count). The third kappa shape index (κ3) is 23.5. The Bertz CT molecular complexity index is 562. The molecule has 178 valence electrons. The van der Waals surface area contributed by atoms with Crippen LogP contribution in [-0.2, 0) is 111 Å². The average Bonchev–Trinajstić information content (AvgIpc) is 2.64. The second-order valence-electron chi connectivity index (χ2n) is 4.96. The van der Waals surface area contributed by atoms with Crippen LogP contribution in [0.2, 0.25) is 0 Å². The molecule has 0 spiro atoms. The van der Waals surface area contributed by atoms with Crippen molar-refractivity contribution < 1.29 is 152 Å². The van der Waals surface area contributed by atoms with Gasteiger partial charge in [-0.2, -0.15) is 0 Å². The molecule has 8 N–H and O–H groups in total. The fourth-order valence-electron chi connectivity index (χ4n) is 1.43. The Morgan fingerprint density at radius 3 is 0.625 bits per heavy atom. The fourth-order valence-corrected chi connectivity index (χ4v) is 1.43. The third-order valence-corrected chi connectivity index (χ3v) is 2.57. The van der Waals surface area contributed by atoms with Gasteiger partial charge in [0.1, 0.15) is 0 Å². The maximum atomic E-state index is 10.3. The number of hydrogen-bond donors (Lipinski definition) is 8. The molecule has 17 nitrogen and oxygen atoms in total. The van der Waals surface area contributed by atoms with Crippen LogP contribution in [0, 0.1) is 0 Å². The molecule has 0 saturated carbocycles. The Balaban J connectivity index is -0.000000123. The molecular formula is C12H16O17Zr3. The SMILES string of the molecule is O=C(O)CC(O)(CC(=O)O)C(=O)O.O=C(O)CC(O)(CC(=O)O)C(=O)O.[O]=[Zr].[O]=[Zr].[O]=[Zr]. The van der Waals surface area contributed by atoms with Crippen LogP contribution in [0.3, 0.4) is 0 Å². The van der Waals surface area contributed by atoms with E-state index in [1.165, 1.54) is 0 Å². The van der Waals surface area contributed by atoms with Gasteiger partial charge in [-0.3, -0.25) is 19.2 Å². The standard InChI is InChI=1S/2C6H8O7.3O.3Zr/c2*7-3(8)1-6(13,5(11)12)2-4(9)10;;;;;;/h2*13H,1-2H2,(H,7,8)(H,9,10)(H,11,12);;;;;;. The minimum absolute atomic E-state index is 0.300. The molecule has 0 radical (unpaired) electrons. The monoisotopic (exact) mass is 702 g/mol. The van der Waals surface area contributed by atoms with E-state index >= 15 is 0 Å². The van der Waals surface area contributed by atoms with Crippen LogP contribution in [0.1, 0.15) is 25.7 Å². The topological polar surface area (TPSA) is 315 Å². The van der Waals surface area contributed by atoms with Crippen molar-refractivity contribution >= 4 is 35.8 Å². The summed E-state index contributed by atoms with van der Waals surface area (Å²) < 4.78 is 25.0. The van der Waals surface area contributed by atoms with Crippen LogP contribution in [0.4, 0.5) is 0 Å². The average molecular weight is 706 g/mol. The molecular weight excluding hydrogens is 690 g/mol. The van der Waals surface area contributed by atoms with Gasteiger partial charge < -0.3 is 40.9 Å². The van der Waals surface area contributed by atoms with Gasteiger partial charge in [0, 0.05) is 0 Å². The summed E-state index contributed by atoms with van der Waals surface area (Å²) in [6.07, 6.45) is -4.58. The van der Waals surface area contributed by atoms with Gasteiger partial charge in [0.15, 0.2) is 11.2 Å². The van der Waals surface area contributed by atoms with Gasteiger partial charge in [-0.25, -0.2) is 9.59 Å². The van der Waals surface area contributed by atoms with Crippen molar-refractivity contribution in [2.75, 3.05) is 0 Å². The normalized spacial score (nSPS) is 9.09. The summed E-state index contributed by atoms with van der Waals surface area (Å²) in [5.41, 5.74) is -5.48. The van der Waals surface area contributed by atoms with E-state index in [0.29, 0.717) is 74.2 Å². The Hall–Kier alpha value is -1.21. The zero-order chi connectivity index (χ0) is 27.3. The number of aliphatic hydroxyl groups is 2. The zero-order valence-corrected chi connectivity index (χ0v) is 23.0. The Morgan fingerprint density at radius 2 is 0.562 bits per heavy atom. The predicted molar refractivity (Wildman–Crippen MR) is 76.2 cm³/mol. The van der Waals surface area contributed by atoms with Crippen molar-refractivity contribution in [3.8, 4) is 0 Å². The van der Waals surface area contributed by atoms with Crippen LogP contribution in [-0.4, -0.2) is 87.9 Å². The molecule has 0 heterocycles. The summed E-state index contributed by atoms with van der Waals surface area (Å²) in [5, 5.41) is 67.6. The van der Waals surface area contributed by atoms with E-state index in [-0.39, 0.29) is 0 Å².